The van der Waals surface area contributed by atoms with Crippen molar-refractivity contribution in [1.29, 1.82) is 0 Å². The highest BCUT2D eigenvalue weighted by molar-refractivity contribution is 7.12. The van der Waals surface area contributed by atoms with E-state index in [1.807, 2.05) is 0 Å². The molecule has 0 saturated carbocycles. The third-order valence-electron chi connectivity index (χ3n) is 4.28. The number of thiophene rings is 1. The molecule has 0 spiro atoms. The van der Waals surface area contributed by atoms with Gasteiger partial charge in [-0.3, -0.25) is 0 Å². The Labute approximate surface area is 129 Å². The van der Waals surface area contributed by atoms with Crippen LogP contribution in [0.15, 0.2) is 6.07 Å². The zero-order valence-corrected chi connectivity index (χ0v) is 14.3. The van der Waals surface area contributed by atoms with Crippen molar-refractivity contribution >= 4 is 11.3 Å². The van der Waals surface area contributed by atoms with Crippen LogP contribution < -0.4 is 5.32 Å². The molecule has 20 heavy (non-hydrogen) atoms. The minimum Gasteiger partial charge on any atom is -0.309 e. The molecule has 1 unspecified atom stereocenters. The summed E-state index contributed by atoms with van der Waals surface area (Å²) in [6, 6.07) is 3.12. The molecule has 0 aliphatic heterocycles. The van der Waals surface area contributed by atoms with Crippen molar-refractivity contribution in [3.05, 3.63) is 21.4 Å². The van der Waals surface area contributed by atoms with Crippen molar-refractivity contribution in [1.82, 2.24) is 5.32 Å². The minimum absolute atomic E-state index is 0.592. The number of nitrogens with one attached hydrogen (secondary N) is 1. The summed E-state index contributed by atoms with van der Waals surface area (Å²) >= 11 is 2.10. The maximum Gasteiger partial charge on any atom is 0.0415 e. The van der Waals surface area contributed by atoms with Gasteiger partial charge in [-0.1, -0.05) is 27.2 Å². The predicted octanol–water partition coefficient (Wildman–Crippen LogP) is 5.49. The Bertz CT molecular complexity index is 371. The van der Waals surface area contributed by atoms with Crippen molar-refractivity contribution in [2.45, 2.75) is 78.2 Å². The first-order chi connectivity index (χ1) is 9.70. The first-order valence-corrected chi connectivity index (χ1v) is 9.37. The maximum absolute atomic E-state index is 3.78. The van der Waals surface area contributed by atoms with Crippen LogP contribution in [-0.4, -0.2) is 6.54 Å². The molecule has 0 bridgehead atoms. The second kappa shape index (κ2) is 8.19. The number of hydrogen-bond donors (Lipinski definition) is 1. The van der Waals surface area contributed by atoms with Crippen molar-refractivity contribution < 1.29 is 0 Å². The minimum atomic E-state index is 0.592. The van der Waals surface area contributed by atoms with E-state index >= 15 is 0 Å². The van der Waals surface area contributed by atoms with Crippen molar-refractivity contribution in [3.8, 4) is 0 Å². The van der Waals surface area contributed by atoms with E-state index < -0.39 is 0 Å². The molecule has 1 aromatic rings. The van der Waals surface area contributed by atoms with Gasteiger partial charge in [0.15, 0.2) is 0 Å². The average molecular weight is 294 g/mol. The van der Waals surface area contributed by atoms with Crippen LogP contribution in [0.4, 0.5) is 0 Å². The van der Waals surface area contributed by atoms with E-state index in [9.17, 15) is 0 Å². The van der Waals surface area contributed by atoms with Gasteiger partial charge in [-0.25, -0.2) is 0 Å². The third-order valence-corrected chi connectivity index (χ3v) is 5.63. The number of hydrogen-bond acceptors (Lipinski definition) is 2. The number of fused-ring (bicyclic) bond motifs is 1. The molecule has 1 atom stereocenters. The van der Waals surface area contributed by atoms with Gasteiger partial charge in [-0.15, -0.1) is 11.3 Å². The molecule has 0 fully saturated rings. The molecule has 1 N–H and O–H groups in total. The van der Waals surface area contributed by atoms with Crippen LogP contribution in [0.3, 0.4) is 0 Å². The first kappa shape index (κ1) is 16.0. The summed E-state index contributed by atoms with van der Waals surface area (Å²) < 4.78 is 0. The normalized spacial score (nSPS) is 17.0. The average Bonchev–Trinajstić information content (AvgIpc) is 2.69. The second-order valence-electron chi connectivity index (χ2n) is 6.64. The van der Waals surface area contributed by atoms with Crippen LogP contribution >= 0.6 is 11.3 Å². The number of aryl methyl sites for hydroxylation is 2. The van der Waals surface area contributed by atoms with Gasteiger partial charge in [0.1, 0.15) is 0 Å². The van der Waals surface area contributed by atoms with Gasteiger partial charge < -0.3 is 5.32 Å². The Morgan fingerprint density at radius 3 is 2.70 bits per heavy atom. The molecule has 1 nitrogen and oxygen atoms in total. The van der Waals surface area contributed by atoms with Crippen LogP contribution in [0, 0.1) is 5.92 Å². The van der Waals surface area contributed by atoms with Gasteiger partial charge in [0.05, 0.1) is 0 Å². The fourth-order valence-electron chi connectivity index (χ4n) is 3.03. The van der Waals surface area contributed by atoms with Gasteiger partial charge in [0, 0.05) is 15.8 Å². The summed E-state index contributed by atoms with van der Waals surface area (Å²) in [6.45, 7) is 8.07. The Morgan fingerprint density at radius 1 is 1.15 bits per heavy atom. The van der Waals surface area contributed by atoms with Crippen LogP contribution in [0.1, 0.15) is 80.7 Å². The lowest BCUT2D eigenvalue weighted by Crippen LogP contribution is -2.21. The van der Waals surface area contributed by atoms with E-state index in [0.29, 0.717) is 6.04 Å². The maximum atomic E-state index is 3.78. The molecular formula is C18H31NS. The summed E-state index contributed by atoms with van der Waals surface area (Å²) in [4.78, 5) is 3.29. The molecule has 1 heterocycles. The smallest absolute Gasteiger partial charge is 0.0415 e. The van der Waals surface area contributed by atoms with Gasteiger partial charge in [0.2, 0.25) is 0 Å². The molecule has 1 aliphatic rings. The zero-order valence-electron chi connectivity index (χ0n) is 13.5. The first-order valence-electron chi connectivity index (χ1n) is 8.55. The molecule has 1 aromatic heterocycles. The summed E-state index contributed by atoms with van der Waals surface area (Å²) in [7, 11) is 0. The third kappa shape index (κ3) is 4.60. The quantitative estimate of drug-likeness (QED) is 0.655. The molecule has 0 amide bonds. The van der Waals surface area contributed by atoms with E-state index in [4.69, 9.17) is 0 Å². The van der Waals surface area contributed by atoms with Crippen LogP contribution in [0.5, 0.6) is 0 Å². The molecule has 0 radical (unpaired) electrons. The van der Waals surface area contributed by atoms with E-state index in [-0.39, 0.29) is 0 Å². The Balaban J connectivity index is 2.06. The summed E-state index contributed by atoms with van der Waals surface area (Å²) in [6.07, 6.45) is 10.7. The van der Waals surface area contributed by atoms with E-state index in [1.165, 1.54) is 51.4 Å². The Morgan fingerprint density at radius 2 is 1.95 bits per heavy atom. The zero-order chi connectivity index (χ0) is 14.4. The predicted molar refractivity (Wildman–Crippen MR) is 90.7 cm³/mol. The molecule has 0 aromatic carbocycles. The molecule has 2 heteroatoms. The topological polar surface area (TPSA) is 12.0 Å². The fourth-order valence-corrected chi connectivity index (χ4v) is 4.39. The van der Waals surface area contributed by atoms with Gasteiger partial charge in [-0.2, -0.15) is 0 Å². The monoisotopic (exact) mass is 293 g/mol. The SMILES string of the molecule is CCCNC(CCC(C)C)c1cc2c(s1)CCCCC2. The molecule has 1 aliphatic carbocycles. The molecular weight excluding hydrogens is 262 g/mol. The lowest BCUT2D eigenvalue weighted by Gasteiger charge is -2.18. The van der Waals surface area contributed by atoms with Gasteiger partial charge >= 0.3 is 0 Å². The van der Waals surface area contributed by atoms with Crippen LogP contribution in [-0.2, 0) is 12.8 Å². The highest BCUT2D eigenvalue weighted by Gasteiger charge is 2.18. The summed E-state index contributed by atoms with van der Waals surface area (Å²) in [5, 5.41) is 3.78. The largest absolute Gasteiger partial charge is 0.309 e. The van der Waals surface area contributed by atoms with Gasteiger partial charge in [-0.05, 0) is 69.0 Å². The molecule has 0 saturated heterocycles. The summed E-state index contributed by atoms with van der Waals surface area (Å²) in [5.41, 5.74) is 1.66. The van der Waals surface area contributed by atoms with Crippen LogP contribution in [0.25, 0.3) is 0 Å². The van der Waals surface area contributed by atoms with E-state index in [0.717, 1.165) is 12.5 Å². The Kier molecular flexibility index (Phi) is 6.57. The number of rotatable bonds is 7. The highest BCUT2D eigenvalue weighted by Crippen LogP contribution is 2.34. The van der Waals surface area contributed by atoms with Gasteiger partial charge in [0.25, 0.3) is 0 Å². The lowest BCUT2D eigenvalue weighted by atomic mass is 10.0. The molecule has 2 rings (SSSR count). The van der Waals surface area contributed by atoms with Crippen LogP contribution in [0.2, 0.25) is 0 Å². The summed E-state index contributed by atoms with van der Waals surface area (Å²) in [5.74, 6) is 0.804. The fraction of sp³-hybridized carbons (Fsp3) is 0.778. The second-order valence-corrected chi connectivity index (χ2v) is 7.80. The van der Waals surface area contributed by atoms with Crippen molar-refractivity contribution in [2.75, 3.05) is 6.54 Å². The molecule has 114 valence electrons. The Hall–Kier alpha value is -0.340. The van der Waals surface area contributed by atoms with E-state index in [1.54, 1.807) is 15.3 Å². The highest BCUT2D eigenvalue weighted by atomic mass is 32.1. The standard InChI is InChI=1S/C18H31NS/c1-4-12-19-16(11-10-14(2)3)18-13-15-8-6-5-7-9-17(15)20-18/h13-14,16,19H,4-12H2,1-3H3. The van der Waals surface area contributed by atoms with E-state index in [2.05, 4.69) is 43.5 Å². The van der Waals surface area contributed by atoms with Crippen molar-refractivity contribution in [2.24, 2.45) is 5.92 Å². The lowest BCUT2D eigenvalue weighted by molar-refractivity contribution is 0.445. The van der Waals surface area contributed by atoms with Crippen molar-refractivity contribution in [3.63, 3.8) is 0 Å².